The third-order valence-corrected chi connectivity index (χ3v) is 5.79. The smallest absolute Gasteiger partial charge is 0.416 e. The molecule has 2 aromatic heterocycles. The SMILES string of the molecule is Cc1cc(=O)oc2cc(OCc3nnc(SCC(=O)c4cc(C(F)(F)F)cc(C(F)(F)F)c4)o3)ccc12. The monoisotopic (exact) mass is 544 g/mol. The highest BCUT2D eigenvalue weighted by Crippen LogP contribution is 2.36. The molecule has 0 aliphatic carbocycles. The van der Waals surface area contributed by atoms with Crippen LogP contribution in [0.15, 0.2) is 61.3 Å². The lowest BCUT2D eigenvalue weighted by molar-refractivity contribution is -0.143. The van der Waals surface area contributed by atoms with Gasteiger partial charge in [-0.1, -0.05) is 11.8 Å². The van der Waals surface area contributed by atoms with Gasteiger partial charge in [-0.2, -0.15) is 26.3 Å². The molecule has 7 nitrogen and oxygen atoms in total. The normalized spacial score (nSPS) is 12.2. The van der Waals surface area contributed by atoms with Crippen LogP contribution in [-0.2, 0) is 19.0 Å². The fourth-order valence-corrected chi connectivity index (χ4v) is 3.90. The molecule has 0 N–H and O–H groups in total. The lowest BCUT2D eigenvalue weighted by Gasteiger charge is -2.13. The third-order valence-electron chi connectivity index (χ3n) is 4.97. The van der Waals surface area contributed by atoms with Crippen molar-refractivity contribution >= 4 is 28.5 Å². The van der Waals surface area contributed by atoms with Gasteiger partial charge >= 0.3 is 18.0 Å². The van der Waals surface area contributed by atoms with Gasteiger partial charge in [0.1, 0.15) is 11.3 Å². The number of rotatable bonds is 7. The van der Waals surface area contributed by atoms with E-state index in [2.05, 4.69) is 10.2 Å². The van der Waals surface area contributed by atoms with Crippen LogP contribution >= 0.6 is 11.8 Å². The molecule has 194 valence electrons. The van der Waals surface area contributed by atoms with Crippen LogP contribution in [0.4, 0.5) is 26.3 Å². The van der Waals surface area contributed by atoms with Gasteiger partial charge in [-0.05, 0) is 42.8 Å². The number of fused-ring (bicyclic) bond motifs is 1. The molecule has 0 spiro atoms. The van der Waals surface area contributed by atoms with Crippen molar-refractivity contribution in [2.24, 2.45) is 0 Å². The van der Waals surface area contributed by atoms with Gasteiger partial charge in [0.05, 0.1) is 16.9 Å². The van der Waals surface area contributed by atoms with Crippen LogP contribution in [0, 0.1) is 6.92 Å². The minimum Gasteiger partial charge on any atom is -0.484 e. The van der Waals surface area contributed by atoms with Crippen LogP contribution in [0.1, 0.15) is 32.9 Å². The number of ketones is 1. The molecule has 0 aliphatic rings. The minimum absolute atomic E-state index is 0.0147. The summed E-state index contributed by atoms with van der Waals surface area (Å²) in [5.74, 6) is -1.23. The minimum atomic E-state index is -5.07. The number of halogens is 6. The maximum atomic E-state index is 13.0. The van der Waals surface area contributed by atoms with Crippen molar-refractivity contribution in [2.45, 2.75) is 31.1 Å². The lowest BCUT2D eigenvalue weighted by atomic mass is 10.0. The van der Waals surface area contributed by atoms with Crippen LogP contribution in [0.25, 0.3) is 11.0 Å². The Hall–Kier alpha value is -3.81. The maximum absolute atomic E-state index is 13.0. The van der Waals surface area contributed by atoms with Crippen LogP contribution in [0.3, 0.4) is 0 Å². The summed E-state index contributed by atoms with van der Waals surface area (Å²) < 4.78 is 94.0. The van der Waals surface area contributed by atoms with E-state index in [1.165, 1.54) is 12.1 Å². The predicted octanol–water partition coefficient (Wildman–Crippen LogP) is 6.08. The molecule has 0 radical (unpaired) electrons. The Labute approximate surface area is 207 Å². The number of nitrogens with zero attached hydrogens (tertiary/aromatic N) is 2. The van der Waals surface area contributed by atoms with Crippen molar-refractivity contribution in [1.29, 1.82) is 0 Å². The third kappa shape index (κ3) is 6.31. The average molecular weight is 544 g/mol. The molecule has 0 saturated carbocycles. The second-order valence-electron chi connectivity index (χ2n) is 7.66. The number of ether oxygens (including phenoxy) is 1. The number of carbonyl (C=O) groups excluding carboxylic acids is 1. The van der Waals surface area contributed by atoms with Crippen molar-refractivity contribution in [3.05, 3.63) is 81.0 Å². The van der Waals surface area contributed by atoms with Crippen molar-refractivity contribution in [3.8, 4) is 5.75 Å². The van der Waals surface area contributed by atoms with E-state index < -0.39 is 46.2 Å². The van der Waals surface area contributed by atoms with E-state index >= 15 is 0 Å². The highest BCUT2D eigenvalue weighted by molar-refractivity contribution is 7.99. The molecular formula is C23H14F6N2O5S. The second-order valence-corrected chi connectivity index (χ2v) is 8.59. The largest absolute Gasteiger partial charge is 0.484 e. The first kappa shape index (κ1) is 26.3. The zero-order valence-corrected chi connectivity index (χ0v) is 19.4. The molecule has 0 bridgehead atoms. The summed E-state index contributed by atoms with van der Waals surface area (Å²) in [6, 6.07) is 6.84. The molecule has 2 aromatic carbocycles. The number of aromatic nitrogens is 2. The van der Waals surface area contributed by atoms with Gasteiger partial charge in [0, 0.05) is 23.1 Å². The second kappa shape index (κ2) is 9.92. The number of aryl methyl sites for hydroxylation is 1. The van der Waals surface area contributed by atoms with E-state index in [0.29, 0.717) is 35.2 Å². The molecule has 4 aromatic rings. The van der Waals surface area contributed by atoms with Gasteiger partial charge in [0.25, 0.3) is 11.1 Å². The first-order valence-corrected chi connectivity index (χ1v) is 11.2. The molecule has 0 fully saturated rings. The van der Waals surface area contributed by atoms with Crippen molar-refractivity contribution < 1.29 is 44.7 Å². The first-order chi connectivity index (χ1) is 17.3. The van der Waals surface area contributed by atoms with E-state index in [-0.39, 0.29) is 23.8 Å². The highest BCUT2D eigenvalue weighted by Gasteiger charge is 2.37. The summed E-state index contributed by atoms with van der Waals surface area (Å²) in [7, 11) is 0. The topological polar surface area (TPSA) is 95.4 Å². The van der Waals surface area contributed by atoms with Gasteiger partial charge in [-0.15, -0.1) is 10.2 Å². The zero-order valence-electron chi connectivity index (χ0n) is 18.6. The summed E-state index contributed by atoms with van der Waals surface area (Å²) >= 11 is 0.640. The predicted molar refractivity (Wildman–Crippen MR) is 117 cm³/mol. The Morgan fingerprint density at radius 2 is 1.62 bits per heavy atom. The Morgan fingerprint density at radius 3 is 2.27 bits per heavy atom. The Bertz CT molecular complexity index is 1490. The molecule has 14 heteroatoms. The van der Waals surface area contributed by atoms with E-state index in [9.17, 15) is 35.9 Å². The number of Topliss-reactive ketones (excluding diaryl/α,β-unsaturated/α-hetero) is 1. The quantitative estimate of drug-likeness (QED) is 0.120. The Balaban J connectivity index is 1.41. The Morgan fingerprint density at radius 1 is 0.946 bits per heavy atom. The fourth-order valence-electron chi connectivity index (χ4n) is 3.22. The number of carbonyl (C=O) groups is 1. The zero-order chi connectivity index (χ0) is 27.0. The molecule has 0 amide bonds. The molecule has 2 heterocycles. The average Bonchev–Trinajstić information content (AvgIpc) is 3.27. The van der Waals surface area contributed by atoms with Crippen LogP contribution in [-0.4, -0.2) is 21.7 Å². The molecule has 4 rings (SSSR count). The highest BCUT2D eigenvalue weighted by atomic mass is 32.2. The van der Waals surface area contributed by atoms with E-state index in [1.54, 1.807) is 19.1 Å². The summed E-state index contributed by atoms with van der Waals surface area (Å²) in [5, 5.41) is 7.97. The molecule has 0 unspecified atom stereocenters. The van der Waals surface area contributed by atoms with Gasteiger partial charge in [0.15, 0.2) is 12.4 Å². The standard InChI is InChI=1S/C23H14F6N2O5S/c1-11-4-20(33)35-18-8-15(2-3-16(11)18)34-9-19-30-31-21(36-19)37-10-17(32)12-5-13(22(24,25)26)7-14(6-12)23(27,28)29/h2-8H,9-10H2,1H3. The summed E-state index contributed by atoms with van der Waals surface area (Å²) in [6.45, 7) is 1.55. The Kier molecular flexibility index (Phi) is 7.04. The molecule has 0 atom stereocenters. The summed E-state index contributed by atoms with van der Waals surface area (Å²) in [5.41, 5.74) is -3.41. The van der Waals surface area contributed by atoms with Crippen molar-refractivity contribution in [2.75, 3.05) is 5.75 Å². The van der Waals surface area contributed by atoms with E-state index in [0.717, 1.165) is 10.9 Å². The van der Waals surface area contributed by atoms with E-state index in [4.69, 9.17) is 13.6 Å². The van der Waals surface area contributed by atoms with Crippen LogP contribution in [0.5, 0.6) is 5.75 Å². The maximum Gasteiger partial charge on any atom is 0.416 e. The number of hydrogen-bond donors (Lipinski definition) is 0. The summed E-state index contributed by atoms with van der Waals surface area (Å²) in [6.07, 6.45) is -10.1. The first-order valence-electron chi connectivity index (χ1n) is 10.2. The fraction of sp³-hybridized carbons (Fsp3) is 0.217. The van der Waals surface area contributed by atoms with Gasteiger partial charge in [-0.3, -0.25) is 4.79 Å². The summed E-state index contributed by atoms with van der Waals surface area (Å²) in [4.78, 5) is 23.9. The molecule has 0 saturated heterocycles. The van der Waals surface area contributed by atoms with Gasteiger partial charge in [0.2, 0.25) is 0 Å². The molecule has 37 heavy (non-hydrogen) atoms. The van der Waals surface area contributed by atoms with Gasteiger partial charge in [-0.25, -0.2) is 4.79 Å². The number of thioether (sulfide) groups is 1. The molecular weight excluding hydrogens is 530 g/mol. The van der Waals surface area contributed by atoms with E-state index in [1.807, 2.05) is 0 Å². The van der Waals surface area contributed by atoms with Crippen LogP contribution in [0.2, 0.25) is 0 Å². The number of alkyl halides is 6. The van der Waals surface area contributed by atoms with Crippen molar-refractivity contribution in [3.63, 3.8) is 0 Å². The lowest BCUT2D eigenvalue weighted by Crippen LogP contribution is -2.14. The van der Waals surface area contributed by atoms with Gasteiger partial charge < -0.3 is 13.6 Å². The number of hydrogen-bond acceptors (Lipinski definition) is 8. The van der Waals surface area contributed by atoms with Crippen LogP contribution < -0.4 is 10.4 Å². The number of benzene rings is 2. The van der Waals surface area contributed by atoms with Crippen molar-refractivity contribution in [1.82, 2.24) is 10.2 Å². The molecule has 0 aliphatic heterocycles.